The highest BCUT2D eigenvalue weighted by atomic mass is 16.2. The molecule has 11 heavy (non-hydrogen) atoms. The van der Waals surface area contributed by atoms with Gasteiger partial charge in [0.05, 0.1) is 0 Å². The normalized spacial score (nSPS) is 7.82. The number of carbonyl (C=O) groups is 1. The third-order valence-electron chi connectivity index (χ3n) is 0.813. The van der Waals surface area contributed by atoms with Gasteiger partial charge in [-0.3, -0.25) is 4.79 Å². The van der Waals surface area contributed by atoms with Crippen LogP contribution in [-0.2, 0) is 4.79 Å². The Labute approximate surface area is 66.9 Å². The molecule has 0 rings (SSSR count). The van der Waals surface area contributed by atoms with Crippen molar-refractivity contribution in [1.29, 1.82) is 0 Å². The monoisotopic (exact) mass is 160 g/mol. The number of hydrogen-bond acceptors (Lipinski definition) is 3. The van der Waals surface area contributed by atoms with Crippen molar-refractivity contribution in [3.63, 3.8) is 0 Å². The Morgan fingerprint density at radius 2 is 2.00 bits per heavy atom. The summed E-state index contributed by atoms with van der Waals surface area (Å²) in [6, 6.07) is 0. The summed E-state index contributed by atoms with van der Waals surface area (Å²) in [6.45, 7) is 4.06. The van der Waals surface area contributed by atoms with Crippen LogP contribution in [0.4, 0.5) is 0 Å². The fourth-order valence-corrected chi connectivity index (χ4v) is 0.256. The van der Waals surface area contributed by atoms with Gasteiger partial charge in [-0.2, -0.15) is 0 Å². The van der Waals surface area contributed by atoms with E-state index >= 15 is 0 Å². The van der Waals surface area contributed by atoms with Gasteiger partial charge < -0.3 is 16.6 Å². The van der Waals surface area contributed by atoms with E-state index in [1.54, 1.807) is 0 Å². The van der Waals surface area contributed by atoms with Crippen molar-refractivity contribution in [2.24, 2.45) is 11.5 Å². The number of unbranched alkanes of at least 4 members (excludes halogenated alkanes) is 1. The summed E-state index contributed by atoms with van der Waals surface area (Å²) in [7, 11) is 0. The lowest BCUT2D eigenvalue weighted by Gasteiger charge is -1.86. The maximum Gasteiger partial charge on any atom is 0.240 e. The van der Waals surface area contributed by atoms with Gasteiger partial charge in [0, 0.05) is 6.61 Å². The predicted molar refractivity (Wildman–Crippen MR) is 44.8 cm³/mol. The molecule has 0 aromatic carbocycles. The molecule has 0 aromatic rings. The lowest BCUT2D eigenvalue weighted by atomic mass is 10.3. The first kappa shape index (κ1) is 12.8. The fraction of sp³-hybridized carbons (Fsp3) is 0.571. The lowest BCUT2D eigenvalue weighted by molar-refractivity contribution is -0.113. The SMILES string of the molecule is C=CC(N)=O.NCCCCO. The second-order valence-corrected chi connectivity index (χ2v) is 1.83. The number of nitrogens with two attached hydrogens (primary N) is 2. The van der Waals surface area contributed by atoms with Gasteiger partial charge in [-0.15, -0.1) is 0 Å². The van der Waals surface area contributed by atoms with Crippen LogP contribution in [0.15, 0.2) is 12.7 Å². The highest BCUT2D eigenvalue weighted by molar-refractivity contribution is 5.84. The van der Waals surface area contributed by atoms with Gasteiger partial charge in [0.25, 0.3) is 0 Å². The molecular formula is C7H16N2O2. The van der Waals surface area contributed by atoms with Crippen LogP contribution in [0.5, 0.6) is 0 Å². The highest BCUT2D eigenvalue weighted by Gasteiger charge is 1.76. The van der Waals surface area contributed by atoms with Crippen molar-refractivity contribution in [2.75, 3.05) is 13.2 Å². The smallest absolute Gasteiger partial charge is 0.240 e. The minimum atomic E-state index is -0.481. The Balaban J connectivity index is 0. The zero-order valence-corrected chi connectivity index (χ0v) is 6.62. The largest absolute Gasteiger partial charge is 0.396 e. The maximum atomic E-state index is 9.47. The molecule has 0 bridgehead atoms. The third kappa shape index (κ3) is 27.2. The van der Waals surface area contributed by atoms with Crippen LogP contribution in [0, 0.1) is 0 Å². The van der Waals surface area contributed by atoms with E-state index in [0.29, 0.717) is 6.54 Å². The van der Waals surface area contributed by atoms with Gasteiger partial charge in [0.2, 0.25) is 5.91 Å². The summed E-state index contributed by atoms with van der Waals surface area (Å²) in [5, 5.41) is 8.14. The van der Waals surface area contributed by atoms with Gasteiger partial charge in [-0.1, -0.05) is 6.58 Å². The van der Waals surface area contributed by atoms with Crippen LogP contribution in [0.25, 0.3) is 0 Å². The summed E-state index contributed by atoms with van der Waals surface area (Å²) < 4.78 is 0. The average molecular weight is 160 g/mol. The van der Waals surface area contributed by atoms with E-state index in [2.05, 4.69) is 12.3 Å². The molecule has 0 aliphatic rings. The molecule has 0 unspecified atom stereocenters. The number of aliphatic hydroxyl groups excluding tert-OH is 1. The third-order valence-corrected chi connectivity index (χ3v) is 0.813. The topological polar surface area (TPSA) is 89.3 Å². The Morgan fingerprint density at radius 1 is 1.55 bits per heavy atom. The van der Waals surface area contributed by atoms with Gasteiger partial charge in [0.15, 0.2) is 0 Å². The molecule has 0 radical (unpaired) electrons. The first-order chi connectivity index (χ1) is 5.18. The van der Waals surface area contributed by atoms with Crippen LogP contribution in [-0.4, -0.2) is 24.2 Å². The number of aliphatic hydroxyl groups is 1. The predicted octanol–water partition coefficient (Wildman–Crippen LogP) is -0.625. The van der Waals surface area contributed by atoms with Crippen LogP contribution >= 0.6 is 0 Å². The molecule has 5 N–H and O–H groups in total. The maximum absolute atomic E-state index is 9.47. The number of primary amides is 1. The van der Waals surface area contributed by atoms with Crippen molar-refractivity contribution in [2.45, 2.75) is 12.8 Å². The zero-order chi connectivity index (χ0) is 9.11. The van der Waals surface area contributed by atoms with E-state index in [1.807, 2.05) is 0 Å². The van der Waals surface area contributed by atoms with Crippen LogP contribution in [0.1, 0.15) is 12.8 Å². The Kier molecular flexibility index (Phi) is 13.8. The highest BCUT2D eigenvalue weighted by Crippen LogP contribution is 1.79. The first-order valence-corrected chi connectivity index (χ1v) is 3.41. The first-order valence-electron chi connectivity index (χ1n) is 3.41. The lowest BCUT2D eigenvalue weighted by Crippen LogP contribution is -2.04. The van der Waals surface area contributed by atoms with E-state index in [9.17, 15) is 4.79 Å². The molecule has 4 heteroatoms. The van der Waals surface area contributed by atoms with Gasteiger partial charge in [0.1, 0.15) is 0 Å². The van der Waals surface area contributed by atoms with Crippen LogP contribution < -0.4 is 11.5 Å². The molecule has 0 fully saturated rings. The molecular weight excluding hydrogens is 144 g/mol. The minimum Gasteiger partial charge on any atom is -0.396 e. The molecule has 0 spiro atoms. The number of carbonyl (C=O) groups excluding carboxylic acids is 1. The van der Waals surface area contributed by atoms with E-state index in [0.717, 1.165) is 18.9 Å². The summed E-state index contributed by atoms with van der Waals surface area (Å²) in [5.41, 5.74) is 9.64. The number of amides is 1. The molecule has 0 aliphatic carbocycles. The molecule has 0 aromatic heterocycles. The van der Waals surface area contributed by atoms with E-state index in [1.165, 1.54) is 0 Å². The standard InChI is InChI=1S/C4H11NO.C3H5NO/c5-3-1-2-4-6;1-2-3(4)5/h6H,1-5H2;2H,1H2,(H2,4,5). The quantitative estimate of drug-likeness (QED) is 0.378. The number of hydrogen-bond donors (Lipinski definition) is 3. The second-order valence-electron chi connectivity index (χ2n) is 1.83. The van der Waals surface area contributed by atoms with Crippen molar-refractivity contribution in [3.8, 4) is 0 Å². The summed E-state index contributed by atoms with van der Waals surface area (Å²) >= 11 is 0. The number of rotatable bonds is 4. The Morgan fingerprint density at radius 3 is 2.09 bits per heavy atom. The summed E-state index contributed by atoms with van der Waals surface area (Å²) in [6.07, 6.45) is 2.84. The average Bonchev–Trinajstić information content (AvgIpc) is 2.02. The Hall–Kier alpha value is -0.870. The van der Waals surface area contributed by atoms with E-state index in [-0.39, 0.29) is 6.61 Å². The van der Waals surface area contributed by atoms with Crippen molar-refractivity contribution < 1.29 is 9.90 Å². The van der Waals surface area contributed by atoms with Gasteiger partial charge >= 0.3 is 0 Å². The molecule has 66 valence electrons. The van der Waals surface area contributed by atoms with E-state index < -0.39 is 5.91 Å². The molecule has 0 heterocycles. The van der Waals surface area contributed by atoms with Crippen molar-refractivity contribution in [3.05, 3.63) is 12.7 Å². The Bertz CT molecular complexity index is 101. The minimum absolute atomic E-state index is 0.275. The molecule has 0 saturated heterocycles. The van der Waals surface area contributed by atoms with Crippen molar-refractivity contribution >= 4 is 5.91 Å². The molecule has 1 amide bonds. The zero-order valence-electron chi connectivity index (χ0n) is 6.62. The second kappa shape index (κ2) is 11.9. The summed E-state index contributed by atoms with van der Waals surface area (Å²) in [4.78, 5) is 9.47. The fourth-order valence-electron chi connectivity index (χ4n) is 0.256. The molecule has 0 atom stereocenters. The van der Waals surface area contributed by atoms with Gasteiger partial charge in [-0.05, 0) is 25.5 Å². The van der Waals surface area contributed by atoms with Crippen LogP contribution in [0.2, 0.25) is 0 Å². The molecule has 0 aliphatic heterocycles. The van der Waals surface area contributed by atoms with E-state index in [4.69, 9.17) is 10.8 Å². The molecule has 0 saturated carbocycles. The van der Waals surface area contributed by atoms with Gasteiger partial charge in [-0.25, -0.2) is 0 Å². The van der Waals surface area contributed by atoms with Crippen molar-refractivity contribution in [1.82, 2.24) is 0 Å². The summed E-state index contributed by atoms with van der Waals surface area (Å²) in [5.74, 6) is -0.481. The molecule has 4 nitrogen and oxygen atoms in total. The van der Waals surface area contributed by atoms with Crippen LogP contribution in [0.3, 0.4) is 0 Å².